The van der Waals surface area contributed by atoms with E-state index >= 15 is 0 Å². The van der Waals surface area contributed by atoms with Crippen LogP contribution >= 0.6 is 0 Å². The van der Waals surface area contributed by atoms with Gasteiger partial charge in [-0.15, -0.1) is 0 Å². The molecular weight excluding hydrogens is 582 g/mol. The highest BCUT2D eigenvalue weighted by atomic mass is 32.2. The Balaban J connectivity index is 1.48. The van der Waals surface area contributed by atoms with Gasteiger partial charge in [-0.2, -0.15) is 5.26 Å². The summed E-state index contributed by atoms with van der Waals surface area (Å²) < 4.78 is 29.0. The molecule has 3 heterocycles. The summed E-state index contributed by atoms with van der Waals surface area (Å²) in [5.74, 6) is 0.229. The van der Waals surface area contributed by atoms with Gasteiger partial charge in [0.2, 0.25) is 0 Å². The lowest BCUT2D eigenvalue weighted by molar-refractivity contribution is 0.0827. The number of carbonyl (C=O) groups is 1. The molecule has 0 aliphatic carbocycles. The van der Waals surface area contributed by atoms with Crippen molar-refractivity contribution in [1.29, 1.82) is 5.26 Å². The first-order chi connectivity index (χ1) is 21.6. The van der Waals surface area contributed by atoms with Crippen molar-refractivity contribution in [2.45, 2.75) is 30.6 Å². The minimum atomic E-state index is -3.97. The highest BCUT2D eigenvalue weighted by Crippen LogP contribution is 2.37. The van der Waals surface area contributed by atoms with Gasteiger partial charge < -0.3 is 9.80 Å². The largest absolute Gasteiger partial charge is 0.345 e. The maximum atomic E-state index is 13.9. The number of hydrogen-bond donors (Lipinski definition) is 0. The van der Waals surface area contributed by atoms with E-state index in [1.807, 2.05) is 37.3 Å². The second-order valence-corrected chi connectivity index (χ2v) is 13.8. The Morgan fingerprint density at radius 3 is 2.24 bits per heavy atom. The van der Waals surface area contributed by atoms with Gasteiger partial charge in [0.05, 0.1) is 16.5 Å². The molecule has 0 atom stereocenters. The minimum Gasteiger partial charge on any atom is -0.345 e. The third-order valence-corrected chi connectivity index (χ3v) is 10.4. The van der Waals surface area contributed by atoms with Crippen LogP contribution in [0.3, 0.4) is 0 Å². The van der Waals surface area contributed by atoms with E-state index in [-0.39, 0.29) is 10.8 Å². The molecule has 8 nitrogen and oxygen atoms in total. The van der Waals surface area contributed by atoms with E-state index < -0.39 is 10.0 Å². The summed E-state index contributed by atoms with van der Waals surface area (Å²) in [7, 11) is 1.56. The lowest BCUT2D eigenvalue weighted by Crippen LogP contribution is -2.29. The summed E-state index contributed by atoms with van der Waals surface area (Å²) in [6, 6.07) is 24.2. The molecule has 5 aromatic rings. The van der Waals surface area contributed by atoms with Crippen LogP contribution in [-0.4, -0.2) is 67.3 Å². The van der Waals surface area contributed by atoms with Crippen molar-refractivity contribution >= 4 is 27.0 Å². The number of fused-ring (bicyclic) bond motifs is 1. The van der Waals surface area contributed by atoms with Crippen LogP contribution in [0.25, 0.3) is 33.3 Å². The lowest BCUT2D eigenvalue weighted by Gasteiger charge is -2.29. The standard InChI is InChI=1S/C36H35N5O3S/c1-24-5-12-31(13-6-24)45(43,44)41-23-34(25-7-9-27(10-8-25)36(42)39(2)3)33-20-30(22-38-35(33)41)28-11-14-32(29(19-28)21-37)26-15-17-40(4)18-16-26/h5-14,19-20,22-23,26H,15-18H2,1-4H3. The molecule has 0 spiro atoms. The van der Waals surface area contributed by atoms with E-state index in [2.05, 4.69) is 24.1 Å². The van der Waals surface area contributed by atoms with Crippen molar-refractivity contribution in [3.8, 4) is 28.3 Å². The van der Waals surface area contributed by atoms with E-state index in [4.69, 9.17) is 4.98 Å². The van der Waals surface area contributed by atoms with Crippen molar-refractivity contribution in [3.63, 3.8) is 0 Å². The highest BCUT2D eigenvalue weighted by molar-refractivity contribution is 7.90. The molecule has 2 aromatic heterocycles. The van der Waals surface area contributed by atoms with Gasteiger partial charge in [0, 0.05) is 48.6 Å². The quantitative estimate of drug-likeness (QED) is 0.222. The second kappa shape index (κ2) is 12.0. The molecule has 45 heavy (non-hydrogen) atoms. The fourth-order valence-corrected chi connectivity index (χ4v) is 7.36. The number of carbonyl (C=O) groups excluding carboxylic acids is 1. The topological polar surface area (TPSA) is 99.3 Å². The maximum Gasteiger partial charge on any atom is 0.269 e. The minimum absolute atomic E-state index is 0.119. The van der Waals surface area contributed by atoms with E-state index in [0.717, 1.165) is 53.7 Å². The van der Waals surface area contributed by atoms with Crippen molar-refractivity contribution in [2.75, 3.05) is 34.2 Å². The Morgan fingerprint density at radius 1 is 0.933 bits per heavy atom. The zero-order valence-corrected chi connectivity index (χ0v) is 26.7. The number of likely N-dealkylation sites (tertiary alicyclic amines) is 1. The molecule has 3 aromatic carbocycles. The van der Waals surface area contributed by atoms with Gasteiger partial charge in [0.15, 0.2) is 5.65 Å². The third kappa shape index (κ3) is 5.75. The first-order valence-electron chi connectivity index (χ1n) is 14.9. The predicted molar refractivity (Wildman–Crippen MR) is 177 cm³/mol. The third-order valence-electron chi connectivity index (χ3n) is 8.70. The number of nitrogens with zero attached hydrogens (tertiary/aromatic N) is 5. The van der Waals surface area contributed by atoms with Crippen molar-refractivity contribution < 1.29 is 13.2 Å². The van der Waals surface area contributed by atoms with E-state index in [1.54, 1.807) is 62.9 Å². The molecule has 0 saturated carbocycles. The second-order valence-electron chi connectivity index (χ2n) is 12.0. The molecule has 9 heteroatoms. The Kier molecular flexibility index (Phi) is 8.04. The summed E-state index contributed by atoms with van der Waals surface area (Å²) >= 11 is 0. The van der Waals surface area contributed by atoms with Crippen LogP contribution in [0.15, 0.2) is 90.1 Å². The summed E-state index contributed by atoms with van der Waals surface area (Å²) in [6.45, 7) is 3.92. The Bertz CT molecular complexity index is 2050. The molecule has 0 unspecified atom stereocenters. The fraction of sp³-hybridized carbons (Fsp3) is 0.250. The van der Waals surface area contributed by atoms with Crippen molar-refractivity contribution in [3.05, 3.63) is 107 Å². The number of rotatable bonds is 6. The zero-order valence-electron chi connectivity index (χ0n) is 25.9. The highest BCUT2D eigenvalue weighted by Gasteiger charge is 2.25. The van der Waals surface area contributed by atoms with Crippen molar-refractivity contribution in [1.82, 2.24) is 18.8 Å². The van der Waals surface area contributed by atoms with Crippen LogP contribution in [-0.2, 0) is 10.0 Å². The van der Waals surface area contributed by atoms with Gasteiger partial charge in [-0.3, -0.25) is 4.79 Å². The van der Waals surface area contributed by atoms with E-state index in [1.165, 1.54) is 8.87 Å². The number of aryl methyl sites for hydroxylation is 1. The predicted octanol–water partition coefficient (Wildman–Crippen LogP) is 6.30. The summed E-state index contributed by atoms with van der Waals surface area (Å²) in [6.07, 6.45) is 5.30. The van der Waals surface area contributed by atoms with Gasteiger partial charge >= 0.3 is 0 Å². The SMILES string of the molecule is Cc1ccc(S(=O)(=O)n2cc(-c3ccc(C(=O)N(C)C)cc3)c3cc(-c4ccc(C5CCN(C)CC5)c(C#N)c4)cnc32)cc1. The number of amides is 1. The summed E-state index contributed by atoms with van der Waals surface area (Å²) in [5, 5.41) is 10.7. The van der Waals surface area contributed by atoms with Crippen LogP contribution in [0.2, 0.25) is 0 Å². The van der Waals surface area contributed by atoms with Gasteiger partial charge in [0.25, 0.3) is 15.9 Å². The van der Waals surface area contributed by atoms with E-state index in [9.17, 15) is 18.5 Å². The average molecular weight is 618 g/mol. The van der Waals surface area contributed by atoms with Gasteiger partial charge in [-0.05, 0) is 98.9 Å². The molecular formula is C36H35N5O3S. The van der Waals surface area contributed by atoms with Crippen LogP contribution in [0.1, 0.15) is 45.8 Å². The molecule has 0 radical (unpaired) electrons. The Morgan fingerprint density at radius 2 is 1.60 bits per heavy atom. The molecule has 6 rings (SSSR count). The number of pyridine rings is 1. The molecule has 1 fully saturated rings. The van der Waals surface area contributed by atoms with Gasteiger partial charge in [0.1, 0.15) is 0 Å². The Labute approximate surface area is 264 Å². The van der Waals surface area contributed by atoms with Crippen molar-refractivity contribution in [2.24, 2.45) is 0 Å². The number of benzene rings is 3. The zero-order chi connectivity index (χ0) is 31.9. The van der Waals surface area contributed by atoms with Gasteiger partial charge in [-0.1, -0.05) is 42.0 Å². The van der Waals surface area contributed by atoms with Crippen LogP contribution in [0.5, 0.6) is 0 Å². The number of aromatic nitrogens is 2. The molecule has 0 N–H and O–H groups in total. The first-order valence-corrected chi connectivity index (χ1v) is 16.4. The average Bonchev–Trinajstić information content (AvgIpc) is 3.44. The lowest BCUT2D eigenvalue weighted by atomic mass is 9.85. The van der Waals surface area contributed by atoms with Crippen LogP contribution in [0.4, 0.5) is 0 Å². The van der Waals surface area contributed by atoms with Crippen LogP contribution < -0.4 is 0 Å². The Hall–Kier alpha value is -4.78. The summed E-state index contributed by atoms with van der Waals surface area (Å²) in [5.41, 5.74) is 6.56. The number of hydrogen-bond acceptors (Lipinski definition) is 6. The van der Waals surface area contributed by atoms with E-state index in [0.29, 0.717) is 33.6 Å². The number of piperidine rings is 1. The monoisotopic (exact) mass is 617 g/mol. The molecule has 1 saturated heterocycles. The normalized spacial score (nSPS) is 14.4. The van der Waals surface area contributed by atoms with Gasteiger partial charge in [-0.25, -0.2) is 17.4 Å². The molecule has 1 aliphatic rings. The molecule has 228 valence electrons. The number of nitriles is 1. The van der Waals surface area contributed by atoms with Crippen LogP contribution in [0, 0.1) is 18.3 Å². The fourth-order valence-electron chi connectivity index (χ4n) is 6.03. The molecule has 0 bridgehead atoms. The molecule has 1 aliphatic heterocycles. The summed E-state index contributed by atoms with van der Waals surface area (Å²) in [4.78, 5) is 21.2. The smallest absolute Gasteiger partial charge is 0.269 e. The maximum absolute atomic E-state index is 13.9. The molecule has 1 amide bonds. The first kappa shape index (κ1) is 30.3.